The maximum Gasteiger partial charge on any atom is 0.261 e. The maximum absolute atomic E-state index is 2.57. The van der Waals surface area contributed by atoms with Crippen LogP contribution in [0.1, 0.15) is 24.3 Å². The second kappa shape index (κ2) is 10.5. The van der Waals surface area contributed by atoms with Crippen LogP contribution in [-0.2, 0) is 5.41 Å². The molecule has 0 saturated carbocycles. The molecule has 0 atom stereocenters. The Kier molecular flexibility index (Phi) is 6.09. The smallest absolute Gasteiger partial charge is 0.261 e. The van der Waals surface area contributed by atoms with Crippen LogP contribution in [0.3, 0.4) is 0 Å². The van der Waals surface area contributed by atoms with E-state index in [2.05, 4.69) is 175 Å². The molecule has 0 radical (unpaired) electrons. The van der Waals surface area contributed by atoms with Gasteiger partial charge in [-0.25, -0.2) is 0 Å². The van der Waals surface area contributed by atoms with E-state index in [0.29, 0.717) is 0 Å². The van der Waals surface area contributed by atoms with E-state index in [1.807, 2.05) is 22.7 Å². The van der Waals surface area contributed by atoms with Crippen molar-refractivity contribution in [2.45, 2.75) is 19.3 Å². The first-order valence-corrected chi connectivity index (χ1v) is 18.2. The van der Waals surface area contributed by atoms with E-state index in [0.717, 1.165) is 17.1 Å². The summed E-state index contributed by atoms with van der Waals surface area (Å²) in [6.07, 6.45) is 0. The minimum Gasteiger partial charge on any atom is -0.310 e. The molecule has 10 rings (SSSR count). The third-order valence-electron chi connectivity index (χ3n) is 10.2. The van der Waals surface area contributed by atoms with Gasteiger partial charge >= 0.3 is 0 Å². The fraction of sp³-hybridized carbons (Fsp3) is 0.0698. The van der Waals surface area contributed by atoms with Crippen LogP contribution in [0.4, 0.5) is 34.1 Å². The molecule has 2 aromatic heterocycles. The summed E-state index contributed by atoms with van der Waals surface area (Å²) in [7, 11) is 0. The SMILES string of the molecule is CC1(C)c2cccc3c2B(c2sc4ccccc4c2N3c2cccc(N(c3ccccc3)c3ccccc3)c2)c2c1sc1ccccc21. The van der Waals surface area contributed by atoms with Gasteiger partial charge in [-0.2, -0.15) is 0 Å². The van der Waals surface area contributed by atoms with Gasteiger partial charge in [0.2, 0.25) is 0 Å². The summed E-state index contributed by atoms with van der Waals surface area (Å²) >= 11 is 3.95. The number of hydrogen-bond acceptors (Lipinski definition) is 4. The van der Waals surface area contributed by atoms with Crippen molar-refractivity contribution >= 4 is 99.4 Å². The van der Waals surface area contributed by atoms with Crippen molar-refractivity contribution in [2.75, 3.05) is 9.80 Å². The second-order valence-electron chi connectivity index (χ2n) is 13.3. The zero-order valence-corrected chi connectivity index (χ0v) is 28.4. The molecular weight excluding hydrogens is 619 g/mol. The number of anilines is 6. The Bertz CT molecular complexity index is 2470. The number of nitrogens with zero attached hydrogens (tertiary/aromatic N) is 2. The molecular formula is C43H31BN2S2. The van der Waals surface area contributed by atoms with Crippen LogP contribution in [0.2, 0.25) is 0 Å². The standard InChI is InChI=1S/C43H31BN2S2/c1-43(2)34-23-14-24-35-39(34)44(38-32-21-9-11-25-36(32)47-41(38)43)42-40(33-22-10-12-26-37(33)48-42)46(35)31-20-13-19-30(27-31)45(28-15-5-3-6-16-28)29-17-7-4-8-18-29/h3-27H,1-2H3. The van der Waals surface area contributed by atoms with Crippen molar-refractivity contribution in [1.29, 1.82) is 0 Å². The molecule has 2 nitrogen and oxygen atoms in total. The molecule has 0 N–H and O–H groups in total. The fourth-order valence-electron chi connectivity index (χ4n) is 8.18. The summed E-state index contributed by atoms with van der Waals surface area (Å²) in [5.41, 5.74) is 11.4. The van der Waals surface area contributed by atoms with Gasteiger partial charge in [0, 0.05) is 58.3 Å². The van der Waals surface area contributed by atoms with Gasteiger partial charge in [-0.05, 0) is 82.5 Å². The number of thiophene rings is 2. The third kappa shape index (κ3) is 3.92. The van der Waals surface area contributed by atoms with Crippen molar-refractivity contribution < 1.29 is 0 Å². The Labute approximate surface area is 289 Å². The van der Waals surface area contributed by atoms with E-state index >= 15 is 0 Å². The van der Waals surface area contributed by atoms with Crippen molar-refractivity contribution in [1.82, 2.24) is 0 Å². The number of hydrogen-bond donors (Lipinski definition) is 0. The van der Waals surface area contributed by atoms with Crippen LogP contribution in [-0.4, -0.2) is 6.71 Å². The molecule has 2 aliphatic rings. The lowest BCUT2D eigenvalue weighted by Gasteiger charge is -2.43. The maximum atomic E-state index is 2.57. The summed E-state index contributed by atoms with van der Waals surface area (Å²) in [6.45, 7) is 5.04. The molecule has 5 heteroatoms. The lowest BCUT2D eigenvalue weighted by Crippen LogP contribution is -2.62. The Morgan fingerprint density at radius 1 is 0.562 bits per heavy atom. The van der Waals surface area contributed by atoms with Gasteiger partial charge in [0.25, 0.3) is 6.71 Å². The first kappa shape index (κ1) is 28.0. The minimum atomic E-state index is -0.111. The van der Waals surface area contributed by atoms with E-state index in [4.69, 9.17) is 0 Å². The van der Waals surface area contributed by atoms with Gasteiger partial charge in [0.05, 0.1) is 5.69 Å². The summed E-state index contributed by atoms with van der Waals surface area (Å²) in [5.74, 6) is 0. The lowest BCUT2D eigenvalue weighted by molar-refractivity contribution is 0.661. The molecule has 0 unspecified atom stereocenters. The van der Waals surface area contributed by atoms with Gasteiger partial charge in [-0.3, -0.25) is 0 Å². The van der Waals surface area contributed by atoms with E-state index in [1.54, 1.807) is 0 Å². The molecule has 0 amide bonds. The highest BCUT2D eigenvalue weighted by molar-refractivity contribution is 7.34. The largest absolute Gasteiger partial charge is 0.310 e. The highest BCUT2D eigenvalue weighted by Gasteiger charge is 2.49. The van der Waals surface area contributed by atoms with E-state index in [-0.39, 0.29) is 12.1 Å². The summed E-state index contributed by atoms with van der Waals surface area (Å²) in [6, 6.07) is 55.5. The summed E-state index contributed by atoms with van der Waals surface area (Å²) < 4.78 is 4.15. The Balaban J connectivity index is 1.26. The van der Waals surface area contributed by atoms with Crippen LogP contribution >= 0.6 is 22.7 Å². The minimum absolute atomic E-state index is 0.111. The van der Waals surface area contributed by atoms with E-state index in [9.17, 15) is 0 Å². The van der Waals surface area contributed by atoms with Gasteiger partial charge < -0.3 is 9.80 Å². The Hall–Kier alpha value is -5.10. The quantitative estimate of drug-likeness (QED) is 0.175. The van der Waals surface area contributed by atoms with Crippen LogP contribution < -0.4 is 25.5 Å². The zero-order chi connectivity index (χ0) is 32.0. The van der Waals surface area contributed by atoms with Gasteiger partial charge in [-0.15, -0.1) is 22.7 Å². The van der Waals surface area contributed by atoms with Crippen LogP contribution in [0.25, 0.3) is 20.2 Å². The van der Waals surface area contributed by atoms with Gasteiger partial charge in [-0.1, -0.05) is 105 Å². The number of rotatable bonds is 4. The molecule has 48 heavy (non-hydrogen) atoms. The predicted molar refractivity (Wildman–Crippen MR) is 210 cm³/mol. The van der Waals surface area contributed by atoms with Crippen molar-refractivity contribution in [3.8, 4) is 0 Å². The van der Waals surface area contributed by atoms with Gasteiger partial charge in [0.1, 0.15) is 0 Å². The fourth-order valence-corrected chi connectivity index (χ4v) is 10.8. The topological polar surface area (TPSA) is 6.48 Å². The molecule has 0 bridgehead atoms. The normalized spacial score (nSPS) is 14.1. The summed E-state index contributed by atoms with van der Waals surface area (Å²) in [4.78, 5) is 6.42. The predicted octanol–water partition coefficient (Wildman–Crippen LogP) is 10.5. The van der Waals surface area contributed by atoms with Crippen LogP contribution in [0, 0.1) is 0 Å². The van der Waals surface area contributed by atoms with Gasteiger partial charge in [0.15, 0.2) is 0 Å². The molecule has 0 saturated heterocycles. The molecule has 0 fully saturated rings. The molecule has 6 aromatic carbocycles. The first-order chi connectivity index (χ1) is 23.6. The molecule has 4 heterocycles. The third-order valence-corrected chi connectivity index (χ3v) is 13.0. The molecule has 228 valence electrons. The van der Waals surface area contributed by atoms with Crippen molar-refractivity contribution in [3.63, 3.8) is 0 Å². The van der Waals surface area contributed by atoms with Crippen LogP contribution in [0.15, 0.2) is 152 Å². The molecule has 2 aliphatic heterocycles. The van der Waals surface area contributed by atoms with E-state index in [1.165, 1.54) is 63.4 Å². The molecule has 8 aromatic rings. The van der Waals surface area contributed by atoms with E-state index < -0.39 is 0 Å². The Morgan fingerprint density at radius 3 is 1.90 bits per heavy atom. The molecule has 0 spiro atoms. The van der Waals surface area contributed by atoms with Crippen molar-refractivity contribution in [2.24, 2.45) is 0 Å². The zero-order valence-electron chi connectivity index (χ0n) is 26.7. The van der Waals surface area contributed by atoms with Crippen LogP contribution in [0.5, 0.6) is 0 Å². The first-order valence-electron chi connectivity index (χ1n) is 16.6. The Morgan fingerprint density at radius 2 is 1.17 bits per heavy atom. The highest BCUT2D eigenvalue weighted by Crippen LogP contribution is 2.49. The van der Waals surface area contributed by atoms with Crippen molar-refractivity contribution in [3.05, 3.63) is 162 Å². The average molecular weight is 651 g/mol. The average Bonchev–Trinajstić information content (AvgIpc) is 3.71. The number of fused-ring (bicyclic) bond motifs is 8. The number of benzene rings is 6. The monoisotopic (exact) mass is 650 g/mol. The molecule has 0 aliphatic carbocycles. The highest BCUT2D eigenvalue weighted by atomic mass is 32.1. The summed E-state index contributed by atoms with van der Waals surface area (Å²) in [5, 5.41) is 2.71. The number of para-hydroxylation sites is 2. The lowest BCUT2D eigenvalue weighted by atomic mass is 9.33. The second-order valence-corrected chi connectivity index (χ2v) is 15.4.